The highest BCUT2D eigenvalue weighted by Crippen LogP contribution is 2.27. The Balaban J connectivity index is 2.23. The van der Waals surface area contributed by atoms with Crippen LogP contribution >= 0.6 is 11.6 Å². The van der Waals surface area contributed by atoms with E-state index in [1.165, 1.54) is 25.3 Å². The third-order valence-corrected chi connectivity index (χ3v) is 6.04. The number of anilines is 1. The van der Waals surface area contributed by atoms with Crippen molar-refractivity contribution in [3.63, 3.8) is 0 Å². The summed E-state index contributed by atoms with van der Waals surface area (Å²) in [5, 5.41) is 2.37. The summed E-state index contributed by atoms with van der Waals surface area (Å²) < 4.78 is 45.3. The lowest BCUT2D eigenvalue weighted by atomic mass is 10.2. The number of carbonyl (C=O) groups excluding carboxylic acids is 1. The normalized spacial score (nSPS) is 11.5. The summed E-state index contributed by atoms with van der Waals surface area (Å²) in [6.45, 7) is 3.06. The van der Waals surface area contributed by atoms with Crippen LogP contribution in [0.1, 0.15) is 12.5 Å². The largest absolute Gasteiger partial charge is 0.495 e. The van der Waals surface area contributed by atoms with E-state index in [0.29, 0.717) is 0 Å². The molecule has 0 saturated carbocycles. The number of hydrogen-bond acceptors (Lipinski definition) is 4. The molecule has 1 N–H and O–H groups in total. The number of amides is 1. The number of aryl methyl sites for hydroxylation is 1. The number of methoxy groups -OCH3 is 1. The molecule has 0 aliphatic heterocycles. The lowest BCUT2D eigenvalue weighted by molar-refractivity contribution is -0.116. The summed E-state index contributed by atoms with van der Waals surface area (Å²) in [4.78, 5) is 12.3. The van der Waals surface area contributed by atoms with E-state index in [4.69, 9.17) is 16.3 Å². The van der Waals surface area contributed by atoms with Gasteiger partial charge in [0.25, 0.3) is 0 Å². The fourth-order valence-electron chi connectivity index (χ4n) is 2.43. The summed E-state index contributed by atoms with van der Waals surface area (Å²) in [6.07, 6.45) is 0. The van der Waals surface area contributed by atoms with E-state index in [9.17, 15) is 17.6 Å². The maximum atomic E-state index is 13.2. The monoisotopic (exact) mass is 414 g/mol. The summed E-state index contributed by atoms with van der Waals surface area (Å²) in [5.41, 5.74) is 1.02. The summed E-state index contributed by atoms with van der Waals surface area (Å²) in [6, 6.07) is 8.50. The third kappa shape index (κ3) is 4.97. The smallest absolute Gasteiger partial charge is 0.247 e. The minimum absolute atomic E-state index is 0.00974. The number of hydrogen-bond donors (Lipinski definition) is 1. The van der Waals surface area contributed by atoms with Gasteiger partial charge in [-0.05, 0) is 42.8 Å². The fourth-order valence-corrected chi connectivity index (χ4v) is 4.25. The molecule has 0 spiro atoms. The second kappa shape index (κ2) is 8.69. The molecule has 146 valence electrons. The Morgan fingerprint density at radius 3 is 2.56 bits per heavy atom. The average molecular weight is 415 g/mol. The zero-order valence-electron chi connectivity index (χ0n) is 15.1. The number of likely N-dealkylation sites (N-methyl/N-ethyl adjacent to an activating group) is 1. The first-order chi connectivity index (χ1) is 12.7. The van der Waals surface area contributed by atoms with Crippen LogP contribution in [0, 0.1) is 12.7 Å². The molecular weight excluding hydrogens is 395 g/mol. The number of rotatable bonds is 7. The van der Waals surface area contributed by atoms with Crippen molar-refractivity contribution >= 4 is 33.2 Å². The number of nitrogens with zero attached hydrogens (tertiary/aromatic N) is 1. The van der Waals surface area contributed by atoms with Crippen molar-refractivity contribution in [2.24, 2.45) is 0 Å². The number of carbonyl (C=O) groups is 1. The molecule has 0 radical (unpaired) electrons. The van der Waals surface area contributed by atoms with Crippen molar-refractivity contribution in [2.45, 2.75) is 18.7 Å². The van der Waals surface area contributed by atoms with Gasteiger partial charge in [0.1, 0.15) is 16.5 Å². The quantitative estimate of drug-likeness (QED) is 0.753. The molecule has 0 fully saturated rings. The van der Waals surface area contributed by atoms with Crippen LogP contribution < -0.4 is 10.1 Å². The Morgan fingerprint density at radius 1 is 1.26 bits per heavy atom. The van der Waals surface area contributed by atoms with Gasteiger partial charge < -0.3 is 10.1 Å². The standard InChI is InChI=1S/C18H20ClFN2O4S/c1-4-22(11-18(23)21-13-6-7-15(20)14(19)10-13)27(24,25)17-9-12(2)5-8-16(17)26-3/h5-10H,4,11H2,1-3H3,(H,21,23). The lowest BCUT2D eigenvalue weighted by Gasteiger charge is -2.21. The summed E-state index contributed by atoms with van der Waals surface area (Å²) >= 11 is 5.68. The fraction of sp³-hybridized carbons (Fsp3) is 0.278. The Bertz CT molecular complexity index is 950. The molecule has 0 aliphatic carbocycles. The van der Waals surface area contributed by atoms with Crippen LogP contribution in [0.2, 0.25) is 5.02 Å². The van der Waals surface area contributed by atoms with E-state index in [1.54, 1.807) is 26.0 Å². The Hall–Kier alpha value is -2.16. The molecule has 0 atom stereocenters. The van der Waals surface area contributed by atoms with Crippen LogP contribution in [-0.2, 0) is 14.8 Å². The first kappa shape index (κ1) is 21.1. The molecule has 0 unspecified atom stereocenters. The summed E-state index contributed by atoms with van der Waals surface area (Å²) in [5.74, 6) is -0.988. The van der Waals surface area contributed by atoms with Crippen molar-refractivity contribution < 1.29 is 22.3 Å². The van der Waals surface area contributed by atoms with Crippen molar-refractivity contribution in [1.29, 1.82) is 0 Å². The molecule has 0 saturated heterocycles. The van der Waals surface area contributed by atoms with Gasteiger partial charge in [-0.3, -0.25) is 4.79 Å². The first-order valence-corrected chi connectivity index (χ1v) is 9.90. The Morgan fingerprint density at radius 2 is 1.96 bits per heavy atom. The number of nitrogens with one attached hydrogen (secondary N) is 1. The highest BCUT2D eigenvalue weighted by Gasteiger charge is 2.28. The van der Waals surface area contributed by atoms with E-state index in [0.717, 1.165) is 15.9 Å². The topological polar surface area (TPSA) is 75.7 Å². The maximum absolute atomic E-state index is 13.2. The second-order valence-electron chi connectivity index (χ2n) is 5.76. The van der Waals surface area contributed by atoms with Crippen LogP contribution in [0.25, 0.3) is 0 Å². The molecule has 27 heavy (non-hydrogen) atoms. The van der Waals surface area contributed by atoms with Crippen LogP contribution in [-0.4, -0.2) is 38.8 Å². The van der Waals surface area contributed by atoms with E-state index in [-0.39, 0.29) is 27.9 Å². The van der Waals surface area contributed by atoms with E-state index < -0.39 is 28.3 Å². The molecule has 2 aromatic rings. The van der Waals surface area contributed by atoms with Crippen molar-refractivity contribution in [3.8, 4) is 5.75 Å². The van der Waals surface area contributed by atoms with E-state index in [2.05, 4.69) is 5.32 Å². The highest BCUT2D eigenvalue weighted by atomic mass is 35.5. The molecular formula is C18H20ClFN2O4S. The maximum Gasteiger partial charge on any atom is 0.247 e. The van der Waals surface area contributed by atoms with Crippen LogP contribution in [0.15, 0.2) is 41.3 Å². The van der Waals surface area contributed by atoms with Gasteiger partial charge in [0.05, 0.1) is 18.7 Å². The van der Waals surface area contributed by atoms with Crippen molar-refractivity contribution in [2.75, 3.05) is 25.5 Å². The van der Waals surface area contributed by atoms with Gasteiger partial charge in [0.15, 0.2) is 0 Å². The Labute approximate surface area is 162 Å². The number of ether oxygens (including phenoxy) is 1. The molecule has 2 aromatic carbocycles. The lowest BCUT2D eigenvalue weighted by Crippen LogP contribution is -2.38. The molecule has 0 bridgehead atoms. The molecule has 1 amide bonds. The van der Waals surface area contributed by atoms with Gasteiger partial charge in [-0.2, -0.15) is 4.31 Å². The molecule has 6 nitrogen and oxygen atoms in total. The third-order valence-electron chi connectivity index (χ3n) is 3.81. The first-order valence-electron chi connectivity index (χ1n) is 8.08. The molecule has 2 rings (SSSR count). The molecule has 0 aliphatic rings. The molecule has 0 aromatic heterocycles. The minimum atomic E-state index is -3.96. The van der Waals surface area contributed by atoms with E-state index >= 15 is 0 Å². The zero-order chi connectivity index (χ0) is 20.2. The highest BCUT2D eigenvalue weighted by molar-refractivity contribution is 7.89. The number of benzene rings is 2. The van der Waals surface area contributed by atoms with Crippen LogP contribution in [0.4, 0.5) is 10.1 Å². The summed E-state index contributed by atoms with van der Waals surface area (Å²) in [7, 11) is -2.58. The van der Waals surface area contributed by atoms with Crippen LogP contribution in [0.3, 0.4) is 0 Å². The second-order valence-corrected chi connectivity index (χ2v) is 8.08. The van der Waals surface area contributed by atoms with Gasteiger partial charge in [-0.1, -0.05) is 24.6 Å². The van der Waals surface area contributed by atoms with Crippen molar-refractivity contribution in [3.05, 3.63) is 52.8 Å². The van der Waals surface area contributed by atoms with Crippen molar-refractivity contribution in [1.82, 2.24) is 4.31 Å². The predicted octanol–water partition coefficient (Wildman–Crippen LogP) is 3.45. The SMILES string of the molecule is CCN(CC(=O)Nc1ccc(F)c(Cl)c1)S(=O)(=O)c1cc(C)ccc1OC. The Kier molecular flexibility index (Phi) is 6.80. The predicted molar refractivity (Wildman–Crippen MR) is 102 cm³/mol. The molecule has 0 heterocycles. The zero-order valence-corrected chi connectivity index (χ0v) is 16.7. The van der Waals surface area contributed by atoms with Gasteiger partial charge in [-0.15, -0.1) is 0 Å². The average Bonchev–Trinajstić information content (AvgIpc) is 2.62. The van der Waals surface area contributed by atoms with Gasteiger partial charge in [0, 0.05) is 12.2 Å². The molecule has 9 heteroatoms. The van der Waals surface area contributed by atoms with Crippen LogP contribution in [0.5, 0.6) is 5.75 Å². The number of sulfonamides is 1. The van der Waals surface area contributed by atoms with E-state index in [1.807, 2.05) is 0 Å². The van der Waals surface area contributed by atoms with Gasteiger partial charge in [-0.25, -0.2) is 12.8 Å². The number of halogens is 2. The minimum Gasteiger partial charge on any atom is -0.495 e. The van der Waals surface area contributed by atoms with Gasteiger partial charge in [0.2, 0.25) is 15.9 Å². The van der Waals surface area contributed by atoms with Gasteiger partial charge >= 0.3 is 0 Å².